The van der Waals surface area contributed by atoms with Crippen molar-refractivity contribution in [3.63, 3.8) is 0 Å². The second-order valence-electron chi connectivity index (χ2n) is 4.21. The summed E-state index contributed by atoms with van der Waals surface area (Å²) < 4.78 is 40.0. The summed E-state index contributed by atoms with van der Waals surface area (Å²) in [5, 5.41) is -0.530. The molecule has 2 aromatic rings. The molecule has 8 heteroatoms. The zero-order chi connectivity index (χ0) is 15.6. The molecule has 2 aromatic carbocycles. The van der Waals surface area contributed by atoms with Crippen molar-refractivity contribution in [1.82, 2.24) is 0 Å². The van der Waals surface area contributed by atoms with E-state index in [1.165, 1.54) is 12.1 Å². The van der Waals surface area contributed by atoms with Crippen LogP contribution in [-0.2, 0) is 16.6 Å². The Balaban J connectivity index is 2.32. The number of halogens is 3. The SMILES string of the molecule is NCc1ccc(S(=O)(=O)Nc2cc(Cl)c(F)c(Cl)c2)cc1. The second kappa shape index (κ2) is 6.19. The Bertz CT molecular complexity index is 741. The molecule has 0 saturated heterocycles. The van der Waals surface area contributed by atoms with Crippen LogP contribution < -0.4 is 10.5 Å². The molecule has 112 valence electrons. The summed E-state index contributed by atoms with van der Waals surface area (Å²) in [6.45, 7) is 0.316. The van der Waals surface area contributed by atoms with E-state index in [1.54, 1.807) is 12.1 Å². The first-order valence-corrected chi connectivity index (χ1v) is 8.04. The van der Waals surface area contributed by atoms with Gasteiger partial charge in [0, 0.05) is 6.54 Å². The van der Waals surface area contributed by atoms with Gasteiger partial charge in [0.25, 0.3) is 10.0 Å². The number of hydrogen-bond acceptors (Lipinski definition) is 3. The van der Waals surface area contributed by atoms with E-state index in [0.717, 1.165) is 17.7 Å². The van der Waals surface area contributed by atoms with Crippen LogP contribution in [0.1, 0.15) is 5.56 Å². The maximum absolute atomic E-state index is 13.3. The van der Waals surface area contributed by atoms with Crippen LogP contribution in [0.15, 0.2) is 41.3 Å². The Morgan fingerprint density at radius 2 is 1.62 bits per heavy atom. The molecular weight excluding hydrogens is 338 g/mol. The highest BCUT2D eigenvalue weighted by molar-refractivity contribution is 7.92. The first-order chi connectivity index (χ1) is 9.83. The van der Waals surface area contributed by atoms with E-state index in [2.05, 4.69) is 4.72 Å². The van der Waals surface area contributed by atoms with Crippen LogP contribution in [0.5, 0.6) is 0 Å². The molecule has 0 radical (unpaired) electrons. The molecule has 3 N–H and O–H groups in total. The lowest BCUT2D eigenvalue weighted by molar-refractivity contribution is 0.601. The third-order valence-corrected chi connectivity index (χ3v) is 4.65. The van der Waals surface area contributed by atoms with Crippen LogP contribution in [0.3, 0.4) is 0 Å². The Hall–Kier alpha value is -1.34. The number of hydrogen-bond donors (Lipinski definition) is 2. The maximum Gasteiger partial charge on any atom is 0.261 e. The van der Waals surface area contributed by atoms with Crippen LogP contribution in [0.4, 0.5) is 10.1 Å². The summed E-state index contributed by atoms with van der Waals surface area (Å²) in [5.74, 6) is -0.798. The second-order valence-corrected chi connectivity index (χ2v) is 6.70. The maximum atomic E-state index is 13.3. The quantitative estimate of drug-likeness (QED) is 0.831. The normalized spacial score (nSPS) is 11.4. The van der Waals surface area contributed by atoms with Gasteiger partial charge in [0.15, 0.2) is 5.82 Å². The topological polar surface area (TPSA) is 72.2 Å². The minimum Gasteiger partial charge on any atom is -0.326 e. The fourth-order valence-corrected chi connectivity index (χ4v) is 3.16. The summed E-state index contributed by atoms with van der Waals surface area (Å²) in [6.07, 6.45) is 0. The molecule has 0 fully saturated rings. The predicted octanol–water partition coefficient (Wildman–Crippen LogP) is 3.39. The first kappa shape index (κ1) is 16.0. The number of anilines is 1. The van der Waals surface area contributed by atoms with Crippen LogP contribution in [0, 0.1) is 5.82 Å². The van der Waals surface area contributed by atoms with E-state index in [9.17, 15) is 12.8 Å². The molecule has 0 spiro atoms. The first-order valence-electron chi connectivity index (χ1n) is 5.80. The Labute approximate surface area is 131 Å². The van der Waals surface area contributed by atoms with Crippen LogP contribution in [0.25, 0.3) is 0 Å². The average Bonchev–Trinajstić information content (AvgIpc) is 2.44. The highest BCUT2D eigenvalue weighted by Crippen LogP contribution is 2.28. The van der Waals surface area contributed by atoms with Crippen molar-refractivity contribution in [2.24, 2.45) is 5.73 Å². The largest absolute Gasteiger partial charge is 0.326 e. The van der Waals surface area contributed by atoms with Gasteiger partial charge in [-0.3, -0.25) is 4.72 Å². The standard InChI is InChI=1S/C13H11Cl2FN2O2S/c14-11-5-9(6-12(15)13(11)16)18-21(19,20)10-3-1-8(7-17)2-4-10/h1-6,18H,7,17H2. The van der Waals surface area contributed by atoms with E-state index >= 15 is 0 Å². The van der Waals surface area contributed by atoms with Gasteiger partial charge in [-0.05, 0) is 29.8 Å². The number of rotatable bonds is 4. The molecule has 0 saturated carbocycles. The van der Waals surface area contributed by atoms with Crippen molar-refractivity contribution in [1.29, 1.82) is 0 Å². The number of nitrogens with one attached hydrogen (secondary N) is 1. The fourth-order valence-electron chi connectivity index (χ4n) is 1.63. The molecular formula is C13H11Cl2FN2O2S. The monoisotopic (exact) mass is 348 g/mol. The van der Waals surface area contributed by atoms with E-state index in [-0.39, 0.29) is 20.6 Å². The van der Waals surface area contributed by atoms with Crippen molar-refractivity contribution < 1.29 is 12.8 Å². The number of benzene rings is 2. The lowest BCUT2D eigenvalue weighted by Gasteiger charge is -2.10. The molecule has 2 rings (SSSR count). The van der Waals surface area contributed by atoms with Gasteiger partial charge < -0.3 is 5.73 Å². The molecule has 0 aliphatic carbocycles. The molecule has 21 heavy (non-hydrogen) atoms. The smallest absolute Gasteiger partial charge is 0.261 e. The van der Waals surface area contributed by atoms with E-state index in [1.807, 2.05) is 0 Å². The van der Waals surface area contributed by atoms with Gasteiger partial charge in [-0.15, -0.1) is 0 Å². The average molecular weight is 349 g/mol. The molecule has 0 aliphatic rings. The van der Waals surface area contributed by atoms with Crippen LogP contribution in [0.2, 0.25) is 10.0 Å². The van der Waals surface area contributed by atoms with Crippen LogP contribution >= 0.6 is 23.2 Å². The lowest BCUT2D eigenvalue weighted by atomic mass is 10.2. The zero-order valence-corrected chi connectivity index (χ0v) is 12.9. The molecule has 0 aliphatic heterocycles. The summed E-state index contributed by atoms with van der Waals surface area (Å²) in [6, 6.07) is 8.37. The molecule has 0 bridgehead atoms. The van der Waals surface area contributed by atoms with Crippen molar-refractivity contribution in [2.75, 3.05) is 4.72 Å². The summed E-state index contributed by atoms with van der Waals surface area (Å²) in [4.78, 5) is 0.0521. The molecule has 0 unspecified atom stereocenters. The fraction of sp³-hybridized carbons (Fsp3) is 0.0769. The van der Waals surface area contributed by atoms with Crippen molar-refractivity contribution >= 4 is 38.9 Å². The van der Waals surface area contributed by atoms with E-state index in [4.69, 9.17) is 28.9 Å². The molecule has 0 atom stereocenters. The predicted molar refractivity (Wildman–Crippen MR) is 81.6 cm³/mol. The van der Waals surface area contributed by atoms with Gasteiger partial charge in [0.05, 0.1) is 20.6 Å². The molecule has 0 amide bonds. The van der Waals surface area contributed by atoms with Gasteiger partial charge in [-0.1, -0.05) is 35.3 Å². The summed E-state index contributed by atoms with van der Waals surface area (Å²) in [7, 11) is -3.82. The van der Waals surface area contributed by atoms with Crippen LogP contribution in [-0.4, -0.2) is 8.42 Å². The van der Waals surface area contributed by atoms with Gasteiger partial charge in [0.2, 0.25) is 0 Å². The Morgan fingerprint density at radius 3 is 2.10 bits per heavy atom. The number of nitrogens with two attached hydrogens (primary N) is 1. The van der Waals surface area contributed by atoms with Crippen molar-refractivity contribution in [3.8, 4) is 0 Å². The summed E-state index contributed by atoms with van der Waals surface area (Å²) in [5.41, 5.74) is 6.34. The third-order valence-electron chi connectivity index (χ3n) is 2.71. The van der Waals surface area contributed by atoms with Gasteiger partial charge >= 0.3 is 0 Å². The van der Waals surface area contributed by atoms with Gasteiger partial charge in [-0.25, -0.2) is 12.8 Å². The lowest BCUT2D eigenvalue weighted by Crippen LogP contribution is -2.13. The Kier molecular flexibility index (Phi) is 4.73. The Morgan fingerprint density at radius 1 is 1.10 bits per heavy atom. The van der Waals surface area contributed by atoms with Crippen molar-refractivity contribution in [3.05, 3.63) is 57.8 Å². The minimum atomic E-state index is -3.82. The van der Waals surface area contributed by atoms with Crippen molar-refractivity contribution in [2.45, 2.75) is 11.4 Å². The van der Waals surface area contributed by atoms with Gasteiger partial charge in [0.1, 0.15) is 0 Å². The third kappa shape index (κ3) is 3.65. The highest BCUT2D eigenvalue weighted by Gasteiger charge is 2.16. The van der Waals surface area contributed by atoms with Gasteiger partial charge in [-0.2, -0.15) is 0 Å². The zero-order valence-electron chi connectivity index (χ0n) is 10.6. The van der Waals surface area contributed by atoms with E-state index < -0.39 is 15.8 Å². The number of sulfonamides is 1. The minimum absolute atomic E-state index is 0.0521. The molecule has 0 aromatic heterocycles. The van der Waals surface area contributed by atoms with E-state index in [0.29, 0.717) is 6.54 Å². The summed E-state index contributed by atoms with van der Waals surface area (Å²) >= 11 is 11.3. The molecule has 0 heterocycles. The highest BCUT2D eigenvalue weighted by atomic mass is 35.5. The molecule has 4 nitrogen and oxygen atoms in total.